The summed E-state index contributed by atoms with van der Waals surface area (Å²) in [6.45, 7) is 2.89. The summed E-state index contributed by atoms with van der Waals surface area (Å²) in [5.74, 6) is 1.32. The lowest BCUT2D eigenvalue weighted by molar-refractivity contribution is 0.0951. The number of carbonyl (C=O) groups is 1. The van der Waals surface area contributed by atoms with Crippen molar-refractivity contribution in [3.63, 3.8) is 0 Å². The molecule has 0 aliphatic carbocycles. The fraction of sp³-hybridized carbons (Fsp3) is 0.174. The van der Waals surface area contributed by atoms with Crippen LogP contribution in [0.2, 0.25) is 10.0 Å². The fourth-order valence-corrected chi connectivity index (χ4v) is 3.95. The van der Waals surface area contributed by atoms with E-state index in [0.29, 0.717) is 34.5 Å². The Kier molecular flexibility index (Phi) is 7.87. The van der Waals surface area contributed by atoms with Gasteiger partial charge >= 0.3 is 0 Å². The molecule has 0 aliphatic heterocycles. The van der Waals surface area contributed by atoms with Crippen LogP contribution in [-0.2, 0) is 12.3 Å². The molecule has 3 aromatic carbocycles. The molecule has 0 aliphatic rings. The lowest BCUT2D eigenvalue weighted by atomic mass is 10.1. The monoisotopic (exact) mass is 445 g/mol. The third-order valence-electron chi connectivity index (χ3n) is 4.23. The standard InChI is InChI=1S/C23H21Cl2NO2S/c1-2-28-22-12-7-16(23(27)26-14-17-5-3-4-6-21(17)25)13-18(22)15-29-20-10-8-19(24)9-11-20/h3-13H,2,14-15H2,1H3,(H,26,27). The Morgan fingerprint density at radius 1 is 1.00 bits per heavy atom. The van der Waals surface area contributed by atoms with Crippen molar-refractivity contribution < 1.29 is 9.53 Å². The predicted octanol–water partition coefficient (Wildman–Crippen LogP) is 6.61. The number of hydrogen-bond donors (Lipinski definition) is 1. The highest BCUT2D eigenvalue weighted by Crippen LogP contribution is 2.30. The van der Waals surface area contributed by atoms with E-state index in [4.69, 9.17) is 27.9 Å². The molecule has 0 spiro atoms. The molecule has 3 rings (SSSR count). The third-order valence-corrected chi connectivity index (χ3v) is 5.91. The van der Waals surface area contributed by atoms with Crippen LogP contribution < -0.4 is 10.1 Å². The second kappa shape index (κ2) is 10.6. The molecule has 29 heavy (non-hydrogen) atoms. The maximum atomic E-state index is 12.6. The summed E-state index contributed by atoms with van der Waals surface area (Å²) in [6, 6.07) is 20.7. The third kappa shape index (κ3) is 6.17. The van der Waals surface area contributed by atoms with Gasteiger partial charge in [0.1, 0.15) is 5.75 Å². The van der Waals surface area contributed by atoms with E-state index in [0.717, 1.165) is 21.8 Å². The normalized spacial score (nSPS) is 10.6. The number of thioether (sulfide) groups is 1. The molecule has 0 bridgehead atoms. The zero-order chi connectivity index (χ0) is 20.6. The molecule has 0 saturated carbocycles. The molecule has 0 radical (unpaired) electrons. The van der Waals surface area contributed by atoms with Crippen molar-refractivity contribution in [2.75, 3.05) is 6.61 Å². The molecule has 0 heterocycles. The van der Waals surface area contributed by atoms with E-state index in [1.54, 1.807) is 17.8 Å². The van der Waals surface area contributed by atoms with Crippen molar-refractivity contribution in [3.05, 3.63) is 93.5 Å². The average Bonchev–Trinajstić information content (AvgIpc) is 2.73. The van der Waals surface area contributed by atoms with E-state index in [2.05, 4.69) is 5.32 Å². The molecule has 6 heteroatoms. The number of ether oxygens (including phenoxy) is 1. The van der Waals surface area contributed by atoms with Crippen molar-refractivity contribution in [2.45, 2.75) is 24.1 Å². The van der Waals surface area contributed by atoms with Gasteiger partial charge in [0.25, 0.3) is 5.91 Å². The lowest BCUT2D eigenvalue weighted by Crippen LogP contribution is -2.23. The van der Waals surface area contributed by atoms with Gasteiger partial charge in [-0.15, -0.1) is 11.8 Å². The first-order valence-electron chi connectivity index (χ1n) is 9.22. The average molecular weight is 446 g/mol. The number of rotatable bonds is 8. The minimum absolute atomic E-state index is 0.147. The molecular formula is C23H21Cl2NO2S. The van der Waals surface area contributed by atoms with Crippen molar-refractivity contribution in [2.24, 2.45) is 0 Å². The van der Waals surface area contributed by atoms with Gasteiger partial charge in [-0.05, 0) is 61.0 Å². The molecule has 0 unspecified atom stereocenters. The molecule has 1 amide bonds. The zero-order valence-corrected chi connectivity index (χ0v) is 18.3. The maximum absolute atomic E-state index is 12.6. The predicted molar refractivity (Wildman–Crippen MR) is 121 cm³/mol. The van der Waals surface area contributed by atoms with Crippen LogP contribution in [0.5, 0.6) is 5.75 Å². The van der Waals surface area contributed by atoms with E-state index in [-0.39, 0.29) is 5.91 Å². The van der Waals surface area contributed by atoms with Gasteiger partial charge in [-0.25, -0.2) is 0 Å². The summed E-state index contributed by atoms with van der Waals surface area (Å²) in [5, 5.41) is 4.28. The zero-order valence-electron chi connectivity index (χ0n) is 16.0. The van der Waals surface area contributed by atoms with Crippen molar-refractivity contribution in [1.29, 1.82) is 0 Å². The number of hydrogen-bond acceptors (Lipinski definition) is 3. The van der Waals surface area contributed by atoms with Crippen LogP contribution in [0.25, 0.3) is 0 Å². The van der Waals surface area contributed by atoms with E-state index in [1.807, 2.05) is 67.6 Å². The van der Waals surface area contributed by atoms with Crippen molar-refractivity contribution in [3.8, 4) is 5.75 Å². The van der Waals surface area contributed by atoms with Crippen LogP contribution in [0, 0.1) is 0 Å². The topological polar surface area (TPSA) is 38.3 Å². The summed E-state index contributed by atoms with van der Waals surface area (Å²) >= 11 is 13.8. The molecule has 0 aromatic heterocycles. The summed E-state index contributed by atoms with van der Waals surface area (Å²) < 4.78 is 5.74. The molecule has 3 aromatic rings. The van der Waals surface area contributed by atoms with Gasteiger partial charge in [-0.2, -0.15) is 0 Å². The van der Waals surface area contributed by atoms with Gasteiger partial charge in [-0.3, -0.25) is 4.79 Å². The smallest absolute Gasteiger partial charge is 0.251 e. The number of halogens is 2. The Hall–Kier alpha value is -2.14. The van der Waals surface area contributed by atoms with E-state index >= 15 is 0 Å². The Balaban J connectivity index is 1.71. The van der Waals surface area contributed by atoms with Crippen LogP contribution >= 0.6 is 35.0 Å². The Morgan fingerprint density at radius 2 is 1.76 bits per heavy atom. The van der Waals surface area contributed by atoms with E-state index in [1.165, 1.54) is 0 Å². The van der Waals surface area contributed by atoms with Crippen LogP contribution in [0.3, 0.4) is 0 Å². The Morgan fingerprint density at radius 3 is 2.48 bits per heavy atom. The lowest BCUT2D eigenvalue weighted by Gasteiger charge is -2.13. The van der Waals surface area contributed by atoms with E-state index in [9.17, 15) is 4.79 Å². The first-order chi connectivity index (χ1) is 14.1. The van der Waals surface area contributed by atoms with Crippen LogP contribution in [0.4, 0.5) is 0 Å². The first-order valence-corrected chi connectivity index (χ1v) is 11.0. The SMILES string of the molecule is CCOc1ccc(C(=O)NCc2ccccc2Cl)cc1CSc1ccc(Cl)cc1. The van der Waals surface area contributed by atoms with Gasteiger partial charge in [0, 0.05) is 38.4 Å². The summed E-state index contributed by atoms with van der Waals surface area (Å²) in [5.41, 5.74) is 2.44. The maximum Gasteiger partial charge on any atom is 0.251 e. The number of nitrogens with one attached hydrogen (secondary N) is 1. The number of benzene rings is 3. The highest BCUT2D eigenvalue weighted by atomic mass is 35.5. The van der Waals surface area contributed by atoms with Crippen LogP contribution in [0.15, 0.2) is 71.6 Å². The molecule has 1 N–H and O–H groups in total. The molecular weight excluding hydrogens is 425 g/mol. The number of amides is 1. The minimum Gasteiger partial charge on any atom is -0.494 e. The molecule has 0 atom stereocenters. The molecule has 3 nitrogen and oxygen atoms in total. The molecule has 0 fully saturated rings. The van der Waals surface area contributed by atoms with Gasteiger partial charge in [0.15, 0.2) is 0 Å². The first kappa shape index (κ1) is 21.6. The van der Waals surface area contributed by atoms with Gasteiger partial charge in [-0.1, -0.05) is 41.4 Å². The summed E-state index contributed by atoms with van der Waals surface area (Å²) in [4.78, 5) is 13.7. The minimum atomic E-state index is -0.147. The van der Waals surface area contributed by atoms with Crippen molar-refractivity contribution in [1.82, 2.24) is 5.32 Å². The highest BCUT2D eigenvalue weighted by molar-refractivity contribution is 7.98. The largest absolute Gasteiger partial charge is 0.494 e. The van der Waals surface area contributed by atoms with Crippen LogP contribution in [0.1, 0.15) is 28.4 Å². The molecule has 0 saturated heterocycles. The van der Waals surface area contributed by atoms with Gasteiger partial charge in [0.05, 0.1) is 6.61 Å². The second-order valence-electron chi connectivity index (χ2n) is 6.27. The highest BCUT2D eigenvalue weighted by Gasteiger charge is 2.12. The fourth-order valence-electron chi connectivity index (χ4n) is 2.74. The van der Waals surface area contributed by atoms with Crippen molar-refractivity contribution >= 4 is 40.9 Å². The van der Waals surface area contributed by atoms with Crippen LogP contribution in [-0.4, -0.2) is 12.5 Å². The number of carbonyl (C=O) groups excluding carboxylic acids is 1. The van der Waals surface area contributed by atoms with E-state index < -0.39 is 0 Å². The quantitative estimate of drug-likeness (QED) is 0.396. The Bertz CT molecular complexity index is 977. The Labute approximate surface area is 185 Å². The summed E-state index contributed by atoms with van der Waals surface area (Å²) in [6.07, 6.45) is 0. The molecule has 150 valence electrons. The van der Waals surface area contributed by atoms with Gasteiger partial charge in [0.2, 0.25) is 0 Å². The summed E-state index contributed by atoms with van der Waals surface area (Å²) in [7, 11) is 0. The van der Waals surface area contributed by atoms with Gasteiger partial charge < -0.3 is 10.1 Å². The second-order valence-corrected chi connectivity index (χ2v) is 8.16.